The van der Waals surface area contributed by atoms with Crippen molar-refractivity contribution in [3.8, 4) is 0 Å². The maximum atomic E-state index is 12.6. The summed E-state index contributed by atoms with van der Waals surface area (Å²) in [4.78, 5) is 37.7. The number of thioether (sulfide) groups is 1. The lowest BCUT2D eigenvalue weighted by molar-refractivity contribution is -0.153. The van der Waals surface area contributed by atoms with Gasteiger partial charge in [-0.2, -0.15) is 0 Å². The molecule has 1 atom stereocenters. The van der Waals surface area contributed by atoms with Crippen molar-refractivity contribution in [2.24, 2.45) is 0 Å². The Morgan fingerprint density at radius 1 is 1.23 bits per heavy atom. The molecule has 6 nitrogen and oxygen atoms in total. The lowest BCUT2D eigenvalue weighted by atomic mass is 10.1. The molecule has 1 aliphatic rings. The maximum absolute atomic E-state index is 12.6. The quantitative estimate of drug-likeness (QED) is 0.419. The van der Waals surface area contributed by atoms with Crippen molar-refractivity contribution < 1.29 is 23.9 Å². The topological polar surface area (TPSA) is 72.9 Å². The minimum absolute atomic E-state index is 0.189. The zero-order valence-electron chi connectivity index (χ0n) is 14.2. The molecule has 0 saturated carbocycles. The van der Waals surface area contributed by atoms with E-state index in [1.165, 1.54) is 14.2 Å². The van der Waals surface area contributed by atoms with Crippen LogP contribution in [0, 0.1) is 0 Å². The lowest BCUT2D eigenvalue weighted by Crippen LogP contribution is -2.45. The smallest absolute Gasteiger partial charge is 0.329 e. The number of methoxy groups -OCH3 is 2. The van der Waals surface area contributed by atoms with E-state index in [4.69, 9.17) is 17.0 Å². The first-order valence-corrected chi connectivity index (χ1v) is 8.83. The molecule has 1 fully saturated rings. The fraction of sp³-hybridized carbons (Fsp3) is 0.222. The first-order valence-electron chi connectivity index (χ1n) is 7.61. The van der Waals surface area contributed by atoms with Crippen molar-refractivity contribution in [2.45, 2.75) is 12.5 Å². The fourth-order valence-electron chi connectivity index (χ4n) is 2.23. The molecule has 1 saturated heterocycles. The summed E-state index contributed by atoms with van der Waals surface area (Å²) in [5.74, 6) is -1.81. The van der Waals surface area contributed by atoms with E-state index >= 15 is 0 Å². The number of amides is 1. The number of carbonyl (C=O) groups is 3. The number of allylic oxidation sites excluding steroid dienone is 2. The Hall–Kier alpha value is -2.45. The van der Waals surface area contributed by atoms with Crippen LogP contribution in [0.25, 0.3) is 6.08 Å². The molecule has 0 radical (unpaired) electrons. The van der Waals surface area contributed by atoms with Gasteiger partial charge in [0.1, 0.15) is 10.4 Å². The molecule has 1 heterocycles. The number of hydrogen-bond donors (Lipinski definition) is 0. The number of esters is 2. The van der Waals surface area contributed by atoms with Gasteiger partial charge in [-0.25, -0.2) is 4.79 Å². The van der Waals surface area contributed by atoms with Gasteiger partial charge in [0.15, 0.2) is 0 Å². The third-order valence-corrected chi connectivity index (χ3v) is 4.88. The minimum Gasteiger partial charge on any atom is -0.469 e. The Morgan fingerprint density at radius 3 is 2.54 bits per heavy atom. The van der Waals surface area contributed by atoms with Crippen LogP contribution in [0.4, 0.5) is 0 Å². The van der Waals surface area contributed by atoms with Gasteiger partial charge in [-0.05, 0) is 11.6 Å². The van der Waals surface area contributed by atoms with Gasteiger partial charge in [0, 0.05) is 0 Å². The number of rotatable bonds is 6. The van der Waals surface area contributed by atoms with E-state index in [2.05, 4.69) is 4.74 Å². The van der Waals surface area contributed by atoms with Crippen molar-refractivity contribution >= 4 is 52.2 Å². The summed E-state index contributed by atoms with van der Waals surface area (Å²) >= 11 is 6.28. The van der Waals surface area contributed by atoms with Crippen LogP contribution in [-0.4, -0.2) is 47.3 Å². The van der Waals surface area contributed by atoms with E-state index in [1.807, 2.05) is 36.4 Å². The molecular formula is C18H17NO5S2. The number of thiocarbonyl (C=S) groups is 1. The highest BCUT2D eigenvalue weighted by Gasteiger charge is 2.42. The summed E-state index contributed by atoms with van der Waals surface area (Å²) < 4.78 is 9.47. The van der Waals surface area contributed by atoms with Crippen LogP contribution >= 0.6 is 24.0 Å². The van der Waals surface area contributed by atoms with Crippen LogP contribution in [0.3, 0.4) is 0 Å². The predicted molar refractivity (Wildman–Crippen MR) is 103 cm³/mol. The molecule has 2 rings (SSSR count). The highest BCUT2D eigenvalue weighted by molar-refractivity contribution is 8.26. The Morgan fingerprint density at radius 2 is 1.92 bits per heavy atom. The fourth-order valence-corrected chi connectivity index (χ4v) is 3.54. The van der Waals surface area contributed by atoms with E-state index in [-0.39, 0.29) is 10.7 Å². The minimum atomic E-state index is -1.15. The number of ether oxygens (including phenoxy) is 2. The van der Waals surface area contributed by atoms with Gasteiger partial charge >= 0.3 is 11.9 Å². The Balaban J connectivity index is 2.20. The van der Waals surface area contributed by atoms with E-state index < -0.39 is 23.9 Å². The lowest BCUT2D eigenvalue weighted by Gasteiger charge is -2.23. The summed E-state index contributed by atoms with van der Waals surface area (Å²) in [6.45, 7) is 0. The molecule has 0 spiro atoms. The molecule has 0 N–H and O–H groups in total. The van der Waals surface area contributed by atoms with Gasteiger partial charge in [-0.15, -0.1) is 0 Å². The zero-order chi connectivity index (χ0) is 19.1. The monoisotopic (exact) mass is 391 g/mol. The second-order valence-corrected chi connectivity index (χ2v) is 6.84. The molecule has 1 unspecified atom stereocenters. The molecule has 1 amide bonds. The first-order chi connectivity index (χ1) is 12.5. The average molecular weight is 391 g/mol. The molecule has 1 aromatic carbocycles. The van der Waals surface area contributed by atoms with Crippen LogP contribution in [0.2, 0.25) is 0 Å². The second-order valence-electron chi connectivity index (χ2n) is 5.16. The molecule has 0 aromatic heterocycles. The van der Waals surface area contributed by atoms with E-state index in [9.17, 15) is 14.4 Å². The number of hydrogen-bond acceptors (Lipinski definition) is 7. The number of carbonyl (C=O) groups excluding carboxylic acids is 3. The first kappa shape index (κ1) is 19.9. The highest BCUT2D eigenvalue weighted by atomic mass is 32.2. The summed E-state index contributed by atoms with van der Waals surface area (Å²) in [7, 11) is 2.39. The van der Waals surface area contributed by atoms with Gasteiger partial charge in [-0.3, -0.25) is 14.5 Å². The normalized spacial score (nSPS) is 17.0. The van der Waals surface area contributed by atoms with Crippen molar-refractivity contribution in [3.63, 3.8) is 0 Å². The predicted octanol–water partition coefficient (Wildman–Crippen LogP) is 2.55. The third-order valence-electron chi connectivity index (χ3n) is 3.53. The maximum Gasteiger partial charge on any atom is 0.329 e. The average Bonchev–Trinajstić information content (AvgIpc) is 2.93. The SMILES string of the molecule is COC(=O)CC(C(=O)OC)N1C(=O)C(=CC=Cc2ccccc2)SC1=S. The highest BCUT2D eigenvalue weighted by Crippen LogP contribution is 2.33. The summed E-state index contributed by atoms with van der Waals surface area (Å²) in [6.07, 6.45) is 4.87. The largest absolute Gasteiger partial charge is 0.469 e. The van der Waals surface area contributed by atoms with Gasteiger partial charge in [0.05, 0.1) is 25.5 Å². The summed E-state index contributed by atoms with van der Waals surface area (Å²) in [5.41, 5.74) is 0.984. The van der Waals surface area contributed by atoms with Crippen LogP contribution in [0.5, 0.6) is 0 Å². The van der Waals surface area contributed by atoms with E-state index in [1.54, 1.807) is 12.2 Å². The zero-order valence-corrected chi connectivity index (χ0v) is 15.8. The van der Waals surface area contributed by atoms with Gasteiger partial charge in [0.2, 0.25) is 0 Å². The van der Waals surface area contributed by atoms with Crippen LogP contribution < -0.4 is 0 Å². The van der Waals surface area contributed by atoms with Crippen molar-refractivity contribution in [1.82, 2.24) is 4.90 Å². The van der Waals surface area contributed by atoms with Crippen molar-refractivity contribution in [1.29, 1.82) is 0 Å². The summed E-state index contributed by atoms with van der Waals surface area (Å²) in [5, 5.41) is 0. The van der Waals surface area contributed by atoms with E-state index in [0.29, 0.717) is 4.91 Å². The van der Waals surface area contributed by atoms with Crippen molar-refractivity contribution in [3.05, 3.63) is 53.0 Å². The van der Waals surface area contributed by atoms with Crippen LogP contribution in [0.15, 0.2) is 47.4 Å². The number of nitrogens with zero attached hydrogens (tertiary/aromatic N) is 1. The van der Waals surface area contributed by atoms with Gasteiger partial charge in [-0.1, -0.05) is 66.5 Å². The summed E-state index contributed by atoms with van der Waals surface area (Å²) in [6, 6.07) is 8.44. The van der Waals surface area contributed by atoms with Gasteiger partial charge < -0.3 is 9.47 Å². The molecule has 1 aliphatic heterocycles. The Kier molecular flexibility index (Phi) is 7.11. The molecule has 0 aliphatic carbocycles. The van der Waals surface area contributed by atoms with E-state index in [0.717, 1.165) is 22.2 Å². The van der Waals surface area contributed by atoms with Crippen LogP contribution in [0.1, 0.15) is 12.0 Å². The Bertz CT molecular complexity index is 773. The molecule has 26 heavy (non-hydrogen) atoms. The molecular weight excluding hydrogens is 374 g/mol. The van der Waals surface area contributed by atoms with Gasteiger partial charge in [0.25, 0.3) is 5.91 Å². The molecule has 0 bridgehead atoms. The molecule has 8 heteroatoms. The Labute approximate surface area is 160 Å². The van der Waals surface area contributed by atoms with Crippen LogP contribution in [-0.2, 0) is 23.9 Å². The second kappa shape index (κ2) is 9.30. The molecule has 136 valence electrons. The number of benzene rings is 1. The standard InChI is InChI=1S/C18H17NO5S2/c1-23-15(20)11-13(17(22)24-2)19-16(21)14(26-18(19)25)10-6-9-12-7-4-3-5-8-12/h3-10,13H,11H2,1-2H3. The third kappa shape index (κ3) is 4.80. The molecule has 1 aromatic rings. The van der Waals surface area contributed by atoms with Crippen molar-refractivity contribution in [2.75, 3.05) is 14.2 Å².